The van der Waals surface area contributed by atoms with Gasteiger partial charge in [0.1, 0.15) is 5.78 Å². The molecule has 0 unspecified atom stereocenters. The Balaban J connectivity index is 1.70. The third kappa shape index (κ3) is 1.60. The number of rotatable bonds is 2. The number of carbonyl (C=O) groups is 1. The second-order valence-electron chi connectivity index (χ2n) is 8.66. The molecule has 4 saturated carbocycles. The summed E-state index contributed by atoms with van der Waals surface area (Å²) in [4.78, 5) is 12.6. The van der Waals surface area contributed by atoms with Crippen molar-refractivity contribution in [2.75, 3.05) is 0 Å². The van der Waals surface area contributed by atoms with Gasteiger partial charge < -0.3 is 5.11 Å². The molecule has 0 aromatic heterocycles. The summed E-state index contributed by atoms with van der Waals surface area (Å²) >= 11 is 0. The predicted molar refractivity (Wildman–Crippen MR) is 82.7 cm³/mol. The lowest BCUT2D eigenvalue weighted by molar-refractivity contribution is -0.137. The van der Waals surface area contributed by atoms with E-state index in [2.05, 4.69) is 13.5 Å². The number of hydrogen-bond acceptors (Lipinski definition) is 2. The lowest BCUT2D eigenvalue weighted by Gasteiger charge is -2.56. The average molecular weight is 288 g/mol. The normalized spacial score (nSPS) is 55.1. The molecular formula is C19H28O2. The molecule has 6 atom stereocenters. The minimum Gasteiger partial charge on any atom is -0.393 e. The maximum atomic E-state index is 12.6. The number of aliphatic hydroxyl groups excluding tert-OH is 1. The Kier molecular flexibility index (Phi) is 2.81. The molecule has 0 saturated heterocycles. The molecule has 0 aliphatic heterocycles. The summed E-state index contributed by atoms with van der Waals surface area (Å²) in [6, 6.07) is 0. The Bertz CT molecular complexity index is 498. The van der Waals surface area contributed by atoms with Crippen LogP contribution in [0.4, 0.5) is 0 Å². The van der Waals surface area contributed by atoms with Gasteiger partial charge in [0.15, 0.2) is 0 Å². The van der Waals surface area contributed by atoms with E-state index in [0.717, 1.165) is 38.5 Å². The van der Waals surface area contributed by atoms with Gasteiger partial charge in [-0.2, -0.15) is 0 Å². The fourth-order valence-electron chi connectivity index (χ4n) is 6.74. The monoisotopic (exact) mass is 288 g/mol. The van der Waals surface area contributed by atoms with E-state index in [9.17, 15) is 9.90 Å². The second-order valence-corrected chi connectivity index (χ2v) is 8.66. The molecule has 1 N–H and O–H groups in total. The average Bonchev–Trinajstić information content (AvgIpc) is 3.12. The van der Waals surface area contributed by atoms with Crippen LogP contribution in [0.3, 0.4) is 0 Å². The zero-order valence-electron chi connectivity index (χ0n) is 13.2. The summed E-state index contributed by atoms with van der Waals surface area (Å²) in [6.45, 7) is 6.36. The highest BCUT2D eigenvalue weighted by molar-refractivity contribution is 5.90. The van der Waals surface area contributed by atoms with Crippen molar-refractivity contribution < 1.29 is 9.90 Å². The molecular weight excluding hydrogens is 260 g/mol. The molecule has 2 nitrogen and oxygen atoms in total. The fraction of sp³-hybridized carbons (Fsp3) is 0.842. The fourth-order valence-corrected chi connectivity index (χ4v) is 6.74. The van der Waals surface area contributed by atoms with E-state index in [0.29, 0.717) is 23.0 Å². The van der Waals surface area contributed by atoms with E-state index in [1.165, 1.54) is 19.3 Å². The zero-order valence-corrected chi connectivity index (χ0v) is 13.2. The van der Waals surface area contributed by atoms with Gasteiger partial charge in [-0.3, -0.25) is 4.79 Å². The summed E-state index contributed by atoms with van der Waals surface area (Å²) in [6.07, 6.45) is 11.3. The first kappa shape index (κ1) is 14.0. The van der Waals surface area contributed by atoms with Crippen LogP contribution in [0.5, 0.6) is 0 Å². The van der Waals surface area contributed by atoms with Gasteiger partial charge >= 0.3 is 0 Å². The van der Waals surface area contributed by atoms with Crippen LogP contribution < -0.4 is 0 Å². The molecule has 116 valence electrons. The van der Waals surface area contributed by atoms with Crippen molar-refractivity contribution in [2.24, 2.45) is 28.1 Å². The molecule has 21 heavy (non-hydrogen) atoms. The van der Waals surface area contributed by atoms with Gasteiger partial charge in [0.2, 0.25) is 0 Å². The van der Waals surface area contributed by atoms with Gasteiger partial charge in [-0.05, 0) is 74.0 Å². The van der Waals surface area contributed by atoms with Gasteiger partial charge in [-0.25, -0.2) is 0 Å². The highest BCUT2D eigenvalue weighted by Gasteiger charge is 2.77. The molecule has 0 heterocycles. The van der Waals surface area contributed by atoms with Crippen molar-refractivity contribution in [1.29, 1.82) is 0 Å². The number of hydrogen-bond donors (Lipinski definition) is 1. The quantitative estimate of drug-likeness (QED) is 0.783. The first-order valence-corrected chi connectivity index (χ1v) is 8.80. The van der Waals surface area contributed by atoms with Crippen LogP contribution in [0.1, 0.15) is 64.7 Å². The standard InChI is InChI=1S/C19H28O2/c1-3-7-19-12-18(19)10-9-17(2)8-6-13(20)11-15(17)14(18)4-5-16(19)21/h3,13-15,20H,1,4-12H2,2H3/t13-,14+,15+,17+,18-,19+/m0/s1. The van der Waals surface area contributed by atoms with Gasteiger partial charge in [0.25, 0.3) is 0 Å². The summed E-state index contributed by atoms with van der Waals surface area (Å²) < 4.78 is 0. The van der Waals surface area contributed by atoms with Crippen LogP contribution >= 0.6 is 0 Å². The SMILES string of the molecule is C=CC[C@]12C[C@]13CC[C@@]1(C)CC[C@H](O)C[C@@H]1[C@H]3CCC2=O. The number of aliphatic hydroxyl groups is 1. The van der Waals surface area contributed by atoms with Crippen molar-refractivity contribution in [2.45, 2.75) is 70.8 Å². The number of fused-ring (bicyclic) bond motifs is 2. The van der Waals surface area contributed by atoms with Crippen LogP contribution in [-0.2, 0) is 4.79 Å². The molecule has 4 aliphatic carbocycles. The Morgan fingerprint density at radius 2 is 2.10 bits per heavy atom. The molecule has 4 fully saturated rings. The second kappa shape index (κ2) is 4.22. The molecule has 4 rings (SSSR count). The highest BCUT2D eigenvalue weighted by atomic mass is 16.3. The van der Waals surface area contributed by atoms with Gasteiger partial charge in [0, 0.05) is 11.8 Å². The molecule has 4 aliphatic rings. The Hall–Kier alpha value is -0.630. The molecule has 0 aromatic rings. The predicted octanol–water partition coefficient (Wildman–Crippen LogP) is 3.88. The summed E-state index contributed by atoms with van der Waals surface area (Å²) in [5.41, 5.74) is 0.636. The minimum absolute atomic E-state index is 0.0542. The van der Waals surface area contributed by atoms with E-state index in [1.54, 1.807) is 0 Å². The van der Waals surface area contributed by atoms with Crippen molar-refractivity contribution in [3.05, 3.63) is 12.7 Å². The van der Waals surface area contributed by atoms with E-state index in [4.69, 9.17) is 0 Å². The van der Waals surface area contributed by atoms with Crippen molar-refractivity contribution in [3.8, 4) is 0 Å². The Morgan fingerprint density at radius 3 is 2.86 bits per heavy atom. The number of Topliss-reactive ketones (excluding diaryl/α,β-unsaturated/α-hetero) is 1. The third-order valence-electron chi connectivity index (χ3n) is 7.96. The van der Waals surface area contributed by atoms with E-state index in [-0.39, 0.29) is 16.9 Å². The summed E-state index contributed by atoms with van der Waals surface area (Å²) in [5, 5.41) is 10.2. The van der Waals surface area contributed by atoms with Crippen LogP contribution in [0.2, 0.25) is 0 Å². The summed E-state index contributed by atoms with van der Waals surface area (Å²) in [7, 11) is 0. The van der Waals surface area contributed by atoms with Crippen LogP contribution in [-0.4, -0.2) is 17.0 Å². The van der Waals surface area contributed by atoms with Gasteiger partial charge in [0.05, 0.1) is 6.10 Å². The first-order valence-electron chi connectivity index (χ1n) is 8.80. The van der Waals surface area contributed by atoms with E-state index >= 15 is 0 Å². The van der Waals surface area contributed by atoms with Crippen LogP contribution in [0, 0.1) is 28.1 Å². The zero-order chi connectivity index (χ0) is 14.9. The van der Waals surface area contributed by atoms with Crippen molar-refractivity contribution in [3.63, 3.8) is 0 Å². The topological polar surface area (TPSA) is 37.3 Å². The largest absolute Gasteiger partial charge is 0.393 e. The lowest BCUT2D eigenvalue weighted by atomic mass is 9.48. The van der Waals surface area contributed by atoms with E-state index < -0.39 is 0 Å². The maximum Gasteiger partial charge on any atom is 0.139 e. The molecule has 2 heteroatoms. The van der Waals surface area contributed by atoms with Crippen LogP contribution in [0.15, 0.2) is 12.7 Å². The number of carbonyl (C=O) groups excluding carboxylic acids is 1. The first-order chi connectivity index (χ1) is 9.97. The third-order valence-corrected chi connectivity index (χ3v) is 7.96. The van der Waals surface area contributed by atoms with Crippen LogP contribution in [0.25, 0.3) is 0 Å². The van der Waals surface area contributed by atoms with E-state index in [1.807, 2.05) is 6.08 Å². The van der Waals surface area contributed by atoms with Gasteiger partial charge in [-0.15, -0.1) is 6.58 Å². The number of ketones is 1. The Morgan fingerprint density at radius 1 is 1.29 bits per heavy atom. The van der Waals surface area contributed by atoms with Crippen molar-refractivity contribution in [1.82, 2.24) is 0 Å². The molecule has 0 radical (unpaired) electrons. The smallest absolute Gasteiger partial charge is 0.139 e. The molecule has 0 aromatic carbocycles. The maximum absolute atomic E-state index is 12.6. The molecule has 0 amide bonds. The molecule has 0 bridgehead atoms. The van der Waals surface area contributed by atoms with Crippen molar-refractivity contribution >= 4 is 5.78 Å². The van der Waals surface area contributed by atoms with Gasteiger partial charge in [-0.1, -0.05) is 13.0 Å². The highest BCUT2D eigenvalue weighted by Crippen LogP contribution is 2.80. The minimum atomic E-state index is -0.108. The number of allylic oxidation sites excluding steroid dienone is 1. The lowest BCUT2D eigenvalue weighted by Crippen LogP contribution is -2.51. The Labute approximate surface area is 128 Å². The molecule has 1 spiro atoms. The summed E-state index contributed by atoms with van der Waals surface area (Å²) in [5.74, 6) is 1.82.